The van der Waals surface area contributed by atoms with Crippen molar-refractivity contribution in [1.29, 1.82) is 0 Å². The van der Waals surface area contributed by atoms with Gasteiger partial charge in [-0.05, 0) is 6.07 Å². The molecule has 1 heterocycles. The van der Waals surface area contributed by atoms with Crippen LogP contribution in [0.4, 0.5) is 0 Å². The zero-order valence-electron chi connectivity index (χ0n) is 8.62. The Hall–Kier alpha value is -2.36. The van der Waals surface area contributed by atoms with Gasteiger partial charge in [0, 0.05) is 17.7 Å². The fraction of sp³-hybridized carbons (Fsp3) is 0. The molecule has 16 heavy (non-hydrogen) atoms. The predicted molar refractivity (Wildman–Crippen MR) is 60.7 cm³/mol. The molecule has 80 valence electrons. The SMILES string of the molecule is N[n+]1ccccc1/C(=N/O)c1ccccc1. The van der Waals surface area contributed by atoms with E-state index < -0.39 is 0 Å². The molecule has 2 aromatic rings. The van der Waals surface area contributed by atoms with Gasteiger partial charge in [0.2, 0.25) is 0 Å². The quantitative estimate of drug-likeness (QED) is 0.257. The van der Waals surface area contributed by atoms with Crippen LogP contribution in [-0.4, -0.2) is 10.9 Å². The molecule has 0 aliphatic rings. The molecular formula is C12H12N3O+. The third-order valence-corrected chi connectivity index (χ3v) is 2.28. The van der Waals surface area contributed by atoms with Crippen molar-refractivity contribution in [1.82, 2.24) is 0 Å². The molecule has 0 amide bonds. The van der Waals surface area contributed by atoms with Gasteiger partial charge in [-0.15, -0.1) is 0 Å². The van der Waals surface area contributed by atoms with E-state index in [0.29, 0.717) is 11.4 Å². The van der Waals surface area contributed by atoms with Gasteiger partial charge in [0.1, 0.15) is 0 Å². The highest BCUT2D eigenvalue weighted by Gasteiger charge is 2.17. The molecular weight excluding hydrogens is 202 g/mol. The zero-order chi connectivity index (χ0) is 11.4. The predicted octanol–water partition coefficient (Wildman–Crippen LogP) is 0.914. The van der Waals surface area contributed by atoms with E-state index in [4.69, 9.17) is 11.0 Å². The van der Waals surface area contributed by atoms with Crippen LogP contribution in [0.1, 0.15) is 11.3 Å². The Morgan fingerprint density at radius 2 is 1.75 bits per heavy atom. The average Bonchev–Trinajstić information content (AvgIpc) is 2.34. The van der Waals surface area contributed by atoms with Crippen LogP contribution >= 0.6 is 0 Å². The highest BCUT2D eigenvalue weighted by atomic mass is 16.4. The van der Waals surface area contributed by atoms with Gasteiger partial charge in [-0.3, -0.25) is 0 Å². The van der Waals surface area contributed by atoms with Gasteiger partial charge < -0.3 is 5.21 Å². The molecule has 0 fully saturated rings. The summed E-state index contributed by atoms with van der Waals surface area (Å²) in [5.41, 5.74) is 1.91. The molecule has 4 heteroatoms. The van der Waals surface area contributed by atoms with E-state index in [1.165, 1.54) is 4.68 Å². The normalized spacial score (nSPS) is 11.4. The molecule has 1 aromatic heterocycles. The monoisotopic (exact) mass is 214 g/mol. The minimum Gasteiger partial charge on any atom is -0.410 e. The molecule has 0 aliphatic carbocycles. The summed E-state index contributed by atoms with van der Waals surface area (Å²) < 4.78 is 1.42. The molecule has 0 radical (unpaired) electrons. The van der Waals surface area contributed by atoms with Crippen molar-refractivity contribution in [2.45, 2.75) is 0 Å². The number of nitrogen functional groups attached to an aromatic ring is 1. The Balaban J connectivity index is 2.51. The first-order valence-corrected chi connectivity index (χ1v) is 4.86. The van der Waals surface area contributed by atoms with E-state index in [0.717, 1.165) is 5.56 Å². The summed E-state index contributed by atoms with van der Waals surface area (Å²) in [6, 6.07) is 14.8. The van der Waals surface area contributed by atoms with E-state index in [-0.39, 0.29) is 0 Å². The van der Waals surface area contributed by atoms with Crippen molar-refractivity contribution in [2.75, 3.05) is 5.84 Å². The Bertz CT molecular complexity index is 509. The molecule has 0 bridgehead atoms. The maximum Gasteiger partial charge on any atom is 0.264 e. The van der Waals surface area contributed by atoms with Gasteiger partial charge in [-0.25, -0.2) is 5.84 Å². The molecule has 0 spiro atoms. The fourth-order valence-corrected chi connectivity index (χ4v) is 1.51. The van der Waals surface area contributed by atoms with Crippen LogP contribution in [-0.2, 0) is 0 Å². The molecule has 0 unspecified atom stereocenters. The van der Waals surface area contributed by atoms with Gasteiger partial charge in [0.15, 0.2) is 11.9 Å². The number of rotatable bonds is 2. The first-order valence-electron chi connectivity index (χ1n) is 4.86. The number of nitrogens with zero attached hydrogens (tertiary/aromatic N) is 2. The summed E-state index contributed by atoms with van der Waals surface area (Å²) in [4.78, 5) is 0. The second-order valence-electron chi connectivity index (χ2n) is 3.31. The van der Waals surface area contributed by atoms with Crippen LogP contribution < -0.4 is 10.5 Å². The van der Waals surface area contributed by atoms with Crippen LogP contribution in [0.25, 0.3) is 0 Å². The third kappa shape index (κ3) is 1.86. The number of hydrogen-bond donors (Lipinski definition) is 2. The topological polar surface area (TPSA) is 62.5 Å². The number of benzene rings is 1. The Kier molecular flexibility index (Phi) is 2.82. The smallest absolute Gasteiger partial charge is 0.264 e. The second-order valence-corrected chi connectivity index (χ2v) is 3.31. The minimum absolute atomic E-state index is 0.448. The summed E-state index contributed by atoms with van der Waals surface area (Å²) in [6.07, 6.45) is 1.70. The Labute approximate surface area is 93.2 Å². The van der Waals surface area contributed by atoms with Crippen LogP contribution in [0.3, 0.4) is 0 Å². The number of oxime groups is 1. The van der Waals surface area contributed by atoms with Crippen molar-refractivity contribution in [3.05, 3.63) is 66.0 Å². The van der Waals surface area contributed by atoms with Gasteiger partial charge in [-0.2, -0.15) is 0 Å². The van der Waals surface area contributed by atoms with E-state index in [2.05, 4.69) is 5.16 Å². The van der Waals surface area contributed by atoms with Gasteiger partial charge in [0.25, 0.3) is 5.69 Å². The summed E-state index contributed by atoms with van der Waals surface area (Å²) in [5.74, 6) is 5.76. The van der Waals surface area contributed by atoms with E-state index in [1.807, 2.05) is 42.5 Å². The van der Waals surface area contributed by atoms with Crippen LogP contribution in [0.2, 0.25) is 0 Å². The van der Waals surface area contributed by atoms with Crippen molar-refractivity contribution in [3.8, 4) is 0 Å². The lowest BCUT2D eigenvalue weighted by atomic mass is 10.1. The fourth-order valence-electron chi connectivity index (χ4n) is 1.51. The molecule has 2 rings (SSSR count). The zero-order valence-corrected chi connectivity index (χ0v) is 8.62. The lowest BCUT2D eigenvalue weighted by Gasteiger charge is -2.01. The molecule has 3 N–H and O–H groups in total. The molecule has 1 aromatic carbocycles. The minimum atomic E-state index is 0.448. The molecule has 0 aliphatic heterocycles. The van der Waals surface area contributed by atoms with Crippen molar-refractivity contribution < 1.29 is 9.88 Å². The van der Waals surface area contributed by atoms with Gasteiger partial charge in [0.05, 0.1) is 0 Å². The second kappa shape index (κ2) is 4.44. The van der Waals surface area contributed by atoms with Crippen LogP contribution in [0.15, 0.2) is 59.9 Å². The summed E-state index contributed by atoms with van der Waals surface area (Å²) in [5, 5.41) is 12.4. The van der Waals surface area contributed by atoms with Crippen molar-refractivity contribution in [3.63, 3.8) is 0 Å². The summed E-state index contributed by atoms with van der Waals surface area (Å²) in [6.45, 7) is 0. The number of hydrogen-bond acceptors (Lipinski definition) is 3. The van der Waals surface area contributed by atoms with Gasteiger partial charge >= 0.3 is 0 Å². The van der Waals surface area contributed by atoms with Crippen LogP contribution in [0.5, 0.6) is 0 Å². The highest BCUT2D eigenvalue weighted by molar-refractivity contribution is 6.10. The largest absolute Gasteiger partial charge is 0.410 e. The van der Waals surface area contributed by atoms with Crippen molar-refractivity contribution in [2.24, 2.45) is 5.16 Å². The standard InChI is InChI=1S/C12H11N3O/c13-15-9-5-4-8-11(15)12(14-16)10-6-2-1-3-7-10/h1-9H,13H2/p+1. The molecule has 0 atom stereocenters. The first kappa shape index (κ1) is 10.2. The number of nitrogens with two attached hydrogens (primary N) is 1. The maximum absolute atomic E-state index is 9.08. The highest BCUT2D eigenvalue weighted by Crippen LogP contribution is 2.06. The number of aromatic nitrogens is 1. The average molecular weight is 214 g/mol. The summed E-state index contributed by atoms with van der Waals surface area (Å²) >= 11 is 0. The van der Waals surface area contributed by atoms with Gasteiger partial charge in [-0.1, -0.05) is 40.2 Å². The van der Waals surface area contributed by atoms with E-state index in [9.17, 15) is 0 Å². The Morgan fingerprint density at radius 3 is 2.38 bits per heavy atom. The molecule has 0 saturated heterocycles. The summed E-state index contributed by atoms with van der Waals surface area (Å²) in [7, 11) is 0. The van der Waals surface area contributed by atoms with E-state index in [1.54, 1.807) is 12.3 Å². The lowest BCUT2D eigenvalue weighted by molar-refractivity contribution is -0.640. The lowest BCUT2D eigenvalue weighted by Crippen LogP contribution is -2.49. The molecule has 4 nitrogen and oxygen atoms in total. The third-order valence-electron chi connectivity index (χ3n) is 2.28. The Morgan fingerprint density at radius 1 is 1.06 bits per heavy atom. The van der Waals surface area contributed by atoms with Crippen molar-refractivity contribution >= 4 is 5.71 Å². The maximum atomic E-state index is 9.08. The molecule has 0 saturated carbocycles. The van der Waals surface area contributed by atoms with Crippen LogP contribution in [0, 0.1) is 0 Å². The first-order chi connectivity index (χ1) is 7.83. The number of pyridine rings is 1. The van der Waals surface area contributed by atoms with E-state index >= 15 is 0 Å².